The molecule has 0 atom stereocenters. The van der Waals surface area contributed by atoms with Gasteiger partial charge in [0.25, 0.3) is 5.91 Å². The molecule has 7 nitrogen and oxygen atoms in total. The molecule has 1 heterocycles. The Morgan fingerprint density at radius 2 is 1.43 bits per heavy atom. The molecule has 8 heteroatoms. The van der Waals surface area contributed by atoms with Crippen LogP contribution in [0.4, 0.5) is 0 Å². The first kappa shape index (κ1) is 21.7. The first-order valence-electron chi connectivity index (χ1n) is 9.79. The van der Waals surface area contributed by atoms with Crippen molar-refractivity contribution in [1.82, 2.24) is 14.5 Å². The molecule has 1 saturated heterocycles. The Morgan fingerprint density at radius 3 is 2.07 bits per heavy atom. The Morgan fingerprint density at radius 1 is 0.867 bits per heavy atom. The van der Waals surface area contributed by atoms with Crippen LogP contribution in [0.2, 0.25) is 0 Å². The number of amides is 2. The average Bonchev–Trinajstić information content (AvgIpc) is 2.78. The van der Waals surface area contributed by atoms with Crippen LogP contribution in [-0.2, 0) is 14.8 Å². The van der Waals surface area contributed by atoms with E-state index in [4.69, 9.17) is 0 Å². The van der Waals surface area contributed by atoms with Gasteiger partial charge in [0.05, 0.1) is 0 Å². The maximum atomic E-state index is 12.5. The molecule has 2 aromatic rings. The predicted molar refractivity (Wildman–Crippen MR) is 116 cm³/mol. The van der Waals surface area contributed by atoms with Gasteiger partial charge in [-0.05, 0) is 23.8 Å². The van der Waals surface area contributed by atoms with Gasteiger partial charge in [0.1, 0.15) is 0 Å². The van der Waals surface area contributed by atoms with Gasteiger partial charge in [0.2, 0.25) is 15.9 Å². The van der Waals surface area contributed by atoms with E-state index in [2.05, 4.69) is 4.72 Å². The minimum atomic E-state index is -3.61. The quantitative estimate of drug-likeness (QED) is 0.732. The Balaban J connectivity index is 1.41. The Kier molecular flexibility index (Phi) is 7.37. The van der Waals surface area contributed by atoms with E-state index in [-0.39, 0.29) is 24.8 Å². The molecular formula is C22H25N3O4S. The summed E-state index contributed by atoms with van der Waals surface area (Å²) in [7, 11) is -3.61. The van der Waals surface area contributed by atoms with E-state index < -0.39 is 10.0 Å². The molecular weight excluding hydrogens is 402 g/mol. The lowest BCUT2D eigenvalue weighted by atomic mass is 10.2. The lowest BCUT2D eigenvalue weighted by Gasteiger charge is -2.35. The van der Waals surface area contributed by atoms with Crippen LogP contribution in [0.1, 0.15) is 22.3 Å². The number of hydrogen-bond acceptors (Lipinski definition) is 4. The molecule has 0 aromatic heterocycles. The minimum Gasteiger partial charge on any atom is -0.339 e. The summed E-state index contributed by atoms with van der Waals surface area (Å²) in [5, 5.41) is 1.10. The van der Waals surface area contributed by atoms with E-state index in [1.807, 2.05) is 36.4 Å². The number of piperazine rings is 1. The molecule has 0 spiro atoms. The monoisotopic (exact) mass is 427 g/mol. The van der Waals surface area contributed by atoms with Gasteiger partial charge in [-0.15, -0.1) is 0 Å². The second kappa shape index (κ2) is 10.2. The highest BCUT2D eigenvalue weighted by Gasteiger charge is 2.24. The summed E-state index contributed by atoms with van der Waals surface area (Å²) < 4.78 is 26.5. The Hall–Kier alpha value is -2.97. The van der Waals surface area contributed by atoms with Gasteiger partial charge in [-0.3, -0.25) is 9.59 Å². The van der Waals surface area contributed by atoms with E-state index >= 15 is 0 Å². The molecule has 0 unspecified atom stereocenters. The van der Waals surface area contributed by atoms with Crippen LogP contribution in [0.25, 0.3) is 6.08 Å². The second-order valence-electron chi connectivity index (χ2n) is 6.94. The van der Waals surface area contributed by atoms with Gasteiger partial charge < -0.3 is 9.80 Å². The molecule has 0 bridgehead atoms. The third kappa shape index (κ3) is 6.27. The van der Waals surface area contributed by atoms with Crippen molar-refractivity contribution in [3.63, 3.8) is 0 Å². The molecule has 0 saturated carbocycles. The summed E-state index contributed by atoms with van der Waals surface area (Å²) in [6.07, 6.45) is 1.58. The van der Waals surface area contributed by atoms with Crippen LogP contribution in [-0.4, -0.2) is 62.8 Å². The van der Waals surface area contributed by atoms with Crippen LogP contribution in [0.5, 0.6) is 0 Å². The van der Waals surface area contributed by atoms with Crippen molar-refractivity contribution in [2.24, 2.45) is 0 Å². The number of benzene rings is 2. The maximum Gasteiger partial charge on any atom is 0.253 e. The third-order valence-electron chi connectivity index (χ3n) is 4.82. The molecule has 1 fully saturated rings. The lowest BCUT2D eigenvalue weighted by Crippen LogP contribution is -2.51. The van der Waals surface area contributed by atoms with Gasteiger partial charge in [0.15, 0.2) is 0 Å². The van der Waals surface area contributed by atoms with Crippen LogP contribution < -0.4 is 4.72 Å². The highest BCUT2D eigenvalue weighted by atomic mass is 32.2. The SMILES string of the molecule is O=C(CCNS(=O)(=O)/C=C/c1ccccc1)N1CCN(C(=O)c2ccccc2)CC1. The molecule has 30 heavy (non-hydrogen) atoms. The zero-order valence-corrected chi connectivity index (χ0v) is 17.4. The fourth-order valence-corrected chi connectivity index (χ4v) is 3.98. The van der Waals surface area contributed by atoms with Crippen molar-refractivity contribution in [1.29, 1.82) is 0 Å². The maximum absolute atomic E-state index is 12.5. The van der Waals surface area contributed by atoms with Gasteiger partial charge in [-0.25, -0.2) is 13.1 Å². The van der Waals surface area contributed by atoms with Gasteiger partial charge in [-0.1, -0.05) is 48.5 Å². The molecule has 1 aliphatic rings. The number of sulfonamides is 1. The van der Waals surface area contributed by atoms with Gasteiger partial charge in [0, 0.05) is 50.1 Å². The summed E-state index contributed by atoms with van der Waals surface area (Å²) in [4.78, 5) is 28.2. The topological polar surface area (TPSA) is 86.8 Å². The molecule has 3 rings (SSSR count). The normalized spacial score (nSPS) is 14.8. The summed E-state index contributed by atoms with van der Waals surface area (Å²) in [6.45, 7) is 1.84. The number of carbonyl (C=O) groups is 2. The van der Waals surface area contributed by atoms with Crippen molar-refractivity contribution < 1.29 is 18.0 Å². The summed E-state index contributed by atoms with van der Waals surface area (Å²) >= 11 is 0. The number of nitrogens with zero attached hydrogens (tertiary/aromatic N) is 2. The number of hydrogen-bond donors (Lipinski definition) is 1. The number of nitrogens with one attached hydrogen (secondary N) is 1. The van der Waals surface area contributed by atoms with Crippen LogP contribution in [0.15, 0.2) is 66.1 Å². The predicted octanol–water partition coefficient (Wildman–Crippen LogP) is 1.95. The van der Waals surface area contributed by atoms with Crippen LogP contribution >= 0.6 is 0 Å². The number of rotatable bonds is 7. The van der Waals surface area contributed by atoms with E-state index in [1.165, 1.54) is 6.08 Å². The fraction of sp³-hybridized carbons (Fsp3) is 0.273. The second-order valence-corrected chi connectivity index (χ2v) is 8.59. The first-order valence-corrected chi connectivity index (χ1v) is 11.3. The lowest BCUT2D eigenvalue weighted by molar-refractivity contribution is -0.132. The van der Waals surface area contributed by atoms with Crippen molar-refractivity contribution in [3.8, 4) is 0 Å². The highest BCUT2D eigenvalue weighted by molar-refractivity contribution is 7.92. The fourth-order valence-electron chi connectivity index (χ4n) is 3.16. The molecule has 2 aromatic carbocycles. The molecule has 0 aliphatic carbocycles. The van der Waals surface area contributed by atoms with Crippen molar-refractivity contribution >= 4 is 27.9 Å². The zero-order chi connectivity index (χ0) is 21.4. The van der Waals surface area contributed by atoms with Crippen LogP contribution in [0.3, 0.4) is 0 Å². The third-order valence-corrected chi connectivity index (χ3v) is 5.92. The van der Waals surface area contributed by atoms with Gasteiger partial charge >= 0.3 is 0 Å². The zero-order valence-electron chi connectivity index (χ0n) is 16.6. The number of carbonyl (C=O) groups excluding carboxylic acids is 2. The highest BCUT2D eigenvalue weighted by Crippen LogP contribution is 2.10. The summed E-state index contributed by atoms with van der Waals surface area (Å²) in [5.41, 5.74) is 1.41. The van der Waals surface area contributed by atoms with Crippen LogP contribution in [0, 0.1) is 0 Å². The first-order chi connectivity index (χ1) is 14.4. The molecule has 1 aliphatic heterocycles. The van der Waals surface area contributed by atoms with E-state index in [0.29, 0.717) is 31.7 Å². The standard InChI is InChI=1S/C22H25N3O4S/c26-21(11-13-23-30(28,29)18-12-19-7-3-1-4-8-19)24-14-16-25(17-15-24)22(27)20-9-5-2-6-10-20/h1-10,12,18,23H,11,13-17H2/b18-12+. The van der Waals surface area contributed by atoms with Gasteiger partial charge in [-0.2, -0.15) is 0 Å². The minimum absolute atomic E-state index is 0.0312. The molecule has 2 amide bonds. The smallest absolute Gasteiger partial charge is 0.253 e. The van der Waals surface area contributed by atoms with Crippen molar-refractivity contribution in [3.05, 3.63) is 77.2 Å². The molecule has 1 N–H and O–H groups in total. The van der Waals surface area contributed by atoms with E-state index in [9.17, 15) is 18.0 Å². The average molecular weight is 428 g/mol. The van der Waals surface area contributed by atoms with E-state index in [0.717, 1.165) is 11.0 Å². The molecule has 0 radical (unpaired) electrons. The van der Waals surface area contributed by atoms with E-state index in [1.54, 1.807) is 34.1 Å². The summed E-state index contributed by atoms with van der Waals surface area (Å²) in [5.74, 6) is -0.169. The largest absolute Gasteiger partial charge is 0.339 e. The Labute approximate surface area is 177 Å². The van der Waals surface area contributed by atoms with Crippen molar-refractivity contribution in [2.75, 3.05) is 32.7 Å². The molecule has 158 valence electrons. The van der Waals surface area contributed by atoms with Crippen molar-refractivity contribution in [2.45, 2.75) is 6.42 Å². The Bertz CT molecular complexity index is 984. The summed E-state index contributed by atoms with van der Waals surface area (Å²) in [6, 6.07) is 18.2.